The molecule has 4 aromatic rings. The van der Waals surface area contributed by atoms with Gasteiger partial charge in [-0.25, -0.2) is 14.1 Å². The molecule has 3 N–H and O–H groups in total. The number of hydrogen-bond acceptors (Lipinski definition) is 6. The summed E-state index contributed by atoms with van der Waals surface area (Å²) >= 11 is 1.61. The summed E-state index contributed by atoms with van der Waals surface area (Å²) in [5.74, 6) is 0.840. The van der Waals surface area contributed by atoms with Crippen molar-refractivity contribution in [3.05, 3.63) is 53.1 Å². The minimum Gasteiger partial charge on any atom is -0.384 e. The van der Waals surface area contributed by atoms with Gasteiger partial charge in [0.2, 0.25) is 5.65 Å². The number of aromatic amines is 1. The van der Waals surface area contributed by atoms with Gasteiger partial charge in [0, 0.05) is 21.9 Å². The zero-order valence-corrected chi connectivity index (χ0v) is 15.0. The molecular formula is C17H16FN7S. The Kier molecular flexibility index (Phi) is 4.08. The monoisotopic (exact) mass is 369 g/mol. The molecule has 0 unspecified atom stereocenters. The van der Waals surface area contributed by atoms with Crippen LogP contribution in [0.4, 0.5) is 10.2 Å². The number of H-pyrrole nitrogens is 1. The molecule has 0 bridgehead atoms. The first kappa shape index (κ1) is 16.5. The first-order chi connectivity index (χ1) is 12.5. The minimum absolute atomic E-state index is 0.266. The van der Waals surface area contributed by atoms with Crippen LogP contribution in [0, 0.1) is 19.7 Å². The second-order valence-corrected chi connectivity index (χ2v) is 6.88. The van der Waals surface area contributed by atoms with E-state index in [1.54, 1.807) is 30.0 Å². The van der Waals surface area contributed by atoms with Crippen molar-refractivity contribution in [2.45, 2.75) is 24.5 Å². The maximum Gasteiger partial charge on any atom is 0.204 e. The van der Waals surface area contributed by atoms with Crippen LogP contribution < -0.4 is 5.73 Å². The predicted octanol–water partition coefficient (Wildman–Crippen LogP) is 3.17. The molecular weight excluding hydrogens is 353 g/mol. The molecule has 0 aliphatic carbocycles. The number of thioether (sulfide) groups is 1. The lowest BCUT2D eigenvalue weighted by Crippen LogP contribution is -1.99. The fourth-order valence-corrected chi connectivity index (χ4v) is 4.00. The molecule has 132 valence electrons. The van der Waals surface area contributed by atoms with Crippen molar-refractivity contribution in [2.24, 2.45) is 0 Å². The molecule has 0 aliphatic heterocycles. The van der Waals surface area contributed by atoms with Crippen molar-refractivity contribution in [2.75, 3.05) is 5.73 Å². The third-order valence-corrected chi connectivity index (χ3v) is 5.22. The maximum atomic E-state index is 13.2. The summed E-state index contributed by atoms with van der Waals surface area (Å²) in [6, 6.07) is 8.09. The van der Waals surface area contributed by atoms with Gasteiger partial charge in [0.15, 0.2) is 0 Å². The summed E-state index contributed by atoms with van der Waals surface area (Å²) in [5.41, 5.74) is 10.9. The van der Waals surface area contributed by atoms with Crippen LogP contribution in [0.25, 0.3) is 16.9 Å². The number of aromatic nitrogens is 6. The van der Waals surface area contributed by atoms with Gasteiger partial charge in [0.05, 0.1) is 11.4 Å². The van der Waals surface area contributed by atoms with E-state index in [2.05, 4.69) is 25.5 Å². The lowest BCUT2D eigenvalue weighted by molar-refractivity contribution is 0.627. The van der Waals surface area contributed by atoms with E-state index in [0.29, 0.717) is 22.7 Å². The summed E-state index contributed by atoms with van der Waals surface area (Å²) in [5, 5.41) is 15.3. The molecule has 3 aromatic heterocycles. The Labute approximate surface area is 152 Å². The Morgan fingerprint density at radius 1 is 1.19 bits per heavy atom. The number of aryl methyl sites for hydroxylation is 1. The Bertz CT molecular complexity index is 1080. The highest BCUT2D eigenvalue weighted by atomic mass is 32.2. The number of nitrogen functional groups attached to an aromatic ring is 1. The highest BCUT2D eigenvalue weighted by Gasteiger charge is 2.15. The Morgan fingerprint density at radius 2 is 1.96 bits per heavy atom. The molecule has 9 heteroatoms. The second kappa shape index (κ2) is 6.41. The van der Waals surface area contributed by atoms with Crippen LogP contribution >= 0.6 is 11.8 Å². The first-order valence-electron chi connectivity index (χ1n) is 7.94. The van der Waals surface area contributed by atoms with E-state index in [1.165, 1.54) is 12.1 Å². The summed E-state index contributed by atoms with van der Waals surface area (Å²) < 4.78 is 15.0. The smallest absolute Gasteiger partial charge is 0.204 e. The van der Waals surface area contributed by atoms with Gasteiger partial charge < -0.3 is 5.73 Å². The summed E-state index contributed by atoms with van der Waals surface area (Å²) in [6.45, 7) is 3.97. The van der Waals surface area contributed by atoms with Crippen LogP contribution in [-0.2, 0) is 5.75 Å². The third-order valence-electron chi connectivity index (χ3n) is 4.16. The van der Waals surface area contributed by atoms with E-state index in [1.807, 2.05) is 18.5 Å². The molecule has 3 heterocycles. The van der Waals surface area contributed by atoms with Crippen molar-refractivity contribution in [1.82, 2.24) is 30.2 Å². The largest absolute Gasteiger partial charge is 0.384 e. The Hall–Kier alpha value is -2.94. The van der Waals surface area contributed by atoms with Crippen LogP contribution in [0.15, 0.2) is 35.2 Å². The lowest BCUT2D eigenvalue weighted by Gasteiger charge is -2.06. The standard InChI is InChI=1S/C17H16FN7S/c1-9-13(10(2)25(23-9)12-5-3-11(18)4-6-12)8-26-14-7-15(19)20-17-16(14)21-24-22-17/h3-7H,8H2,1-2H3,(H3,19,20,21,22,24). The molecule has 0 saturated heterocycles. The number of nitrogens with zero attached hydrogens (tertiary/aromatic N) is 5. The maximum absolute atomic E-state index is 13.2. The van der Waals surface area contributed by atoms with E-state index in [4.69, 9.17) is 5.73 Å². The molecule has 7 nitrogen and oxygen atoms in total. The molecule has 0 atom stereocenters. The number of halogens is 1. The van der Waals surface area contributed by atoms with Gasteiger partial charge in [-0.05, 0) is 44.2 Å². The molecule has 0 aliphatic rings. The van der Waals surface area contributed by atoms with E-state index in [-0.39, 0.29) is 5.82 Å². The van der Waals surface area contributed by atoms with Crippen molar-refractivity contribution in [3.63, 3.8) is 0 Å². The van der Waals surface area contributed by atoms with Gasteiger partial charge in [-0.2, -0.15) is 15.4 Å². The van der Waals surface area contributed by atoms with Gasteiger partial charge in [-0.3, -0.25) is 0 Å². The fourth-order valence-electron chi connectivity index (χ4n) is 2.80. The molecule has 0 spiro atoms. The van der Waals surface area contributed by atoms with E-state index >= 15 is 0 Å². The molecule has 26 heavy (non-hydrogen) atoms. The molecule has 0 amide bonds. The van der Waals surface area contributed by atoms with E-state index < -0.39 is 0 Å². The van der Waals surface area contributed by atoms with Gasteiger partial charge in [-0.15, -0.1) is 16.9 Å². The number of pyridine rings is 1. The van der Waals surface area contributed by atoms with Crippen molar-refractivity contribution < 1.29 is 4.39 Å². The SMILES string of the molecule is Cc1nn(-c2ccc(F)cc2)c(C)c1CSc1cc(N)nc2n[nH]nc12. The van der Waals surface area contributed by atoms with Crippen molar-refractivity contribution in [1.29, 1.82) is 0 Å². The molecule has 0 saturated carbocycles. The molecule has 0 fully saturated rings. The van der Waals surface area contributed by atoms with Gasteiger partial charge in [0.1, 0.15) is 17.2 Å². The second-order valence-electron chi connectivity index (χ2n) is 5.87. The van der Waals surface area contributed by atoms with E-state index in [9.17, 15) is 4.39 Å². The Balaban J connectivity index is 1.64. The molecule has 4 rings (SSSR count). The first-order valence-corrected chi connectivity index (χ1v) is 8.92. The topological polar surface area (TPSA) is 98.3 Å². The number of hydrogen-bond donors (Lipinski definition) is 2. The van der Waals surface area contributed by atoms with Crippen molar-refractivity contribution in [3.8, 4) is 5.69 Å². The Morgan fingerprint density at radius 3 is 2.73 bits per heavy atom. The average Bonchev–Trinajstić information content (AvgIpc) is 3.18. The highest BCUT2D eigenvalue weighted by molar-refractivity contribution is 7.98. The van der Waals surface area contributed by atoms with Crippen LogP contribution in [0.2, 0.25) is 0 Å². The molecule has 0 radical (unpaired) electrons. The van der Waals surface area contributed by atoms with Crippen LogP contribution in [0.3, 0.4) is 0 Å². The predicted molar refractivity (Wildman–Crippen MR) is 98.7 cm³/mol. The summed E-state index contributed by atoms with van der Waals surface area (Å²) in [6.07, 6.45) is 0. The van der Waals surface area contributed by atoms with Crippen LogP contribution in [0.1, 0.15) is 17.0 Å². The van der Waals surface area contributed by atoms with Gasteiger partial charge in [-0.1, -0.05) is 0 Å². The number of nitrogens with one attached hydrogen (secondary N) is 1. The number of fused-ring (bicyclic) bond motifs is 1. The zero-order valence-electron chi connectivity index (χ0n) is 14.2. The average molecular weight is 369 g/mol. The third kappa shape index (κ3) is 2.90. The van der Waals surface area contributed by atoms with Gasteiger partial charge in [0.25, 0.3) is 0 Å². The number of benzene rings is 1. The normalized spacial score (nSPS) is 11.3. The number of nitrogens with two attached hydrogens (primary N) is 1. The van der Waals surface area contributed by atoms with Gasteiger partial charge >= 0.3 is 0 Å². The molecule has 1 aromatic carbocycles. The van der Waals surface area contributed by atoms with E-state index in [0.717, 1.165) is 27.5 Å². The number of anilines is 1. The minimum atomic E-state index is -0.266. The summed E-state index contributed by atoms with van der Waals surface area (Å²) in [7, 11) is 0. The highest BCUT2D eigenvalue weighted by Crippen LogP contribution is 2.31. The zero-order chi connectivity index (χ0) is 18.3. The number of rotatable bonds is 4. The van der Waals surface area contributed by atoms with Crippen LogP contribution in [-0.4, -0.2) is 30.2 Å². The van der Waals surface area contributed by atoms with Crippen LogP contribution in [0.5, 0.6) is 0 Å². The van der Waals surface area contributed by atoms with Crippen molar-refractivity contribution >= 4 is 28.7 Å². The summed E-state index contributed by atoms with van der Waals surface area (Å²) in [4.78, 5) is 5.06. The quantitative estimate of drug-likeness (QED) is 0.536. The fraction of sp³-hybridized carbons (Fsp3) is 0.176. The lowest BCUT2D eigenvalue weighted by atomic mass is 10.2.